The van der Waals surface area contributed by atoms with Crippen LogP contribution in [0.1, 0.15) is 16.7 Å². The number of nitrogen functional groups attached to an aromatic ring is 1. The second-order valence-corrected chi connectivity index (χ2v) is 15.5. The molecule has 0 unspecified atom stereocenters. The third-order valence-corrected chi connectivity index (χ3v) is 10.8. The number of hydrogen-bond donors (Lipinski definition) is 4. The average Bonchev–Trinajstić information content (AvgIpc) is 3.00. The molecule has 14 nitrogen and oxygen atoms in total. The standard InChI is InChI=1S/C31H27N5O9S3/c1-17-4-8-21(9-5-17)33-35-29-19(3)14-20-15-26(48(43,44)45)30(31(37)27(20)28(29)32)36-34-24-16-23(47(40,41)42)12-13-25(24)46(38,39)22-10-6-18(2)7-11-22/h4-16,37H,32H2,1-3H3,(H,40,41,42)(H,43,44,45). The topological polar surface area (TPSA) is 239 Å². The predicted octanol–water partition coefficient (Wildman–Crippen LogP) is 7.21. The van der Waals surface area contributed by atoms with Crippen LogP contribution >= 0.6 is 0 Å². The number of nitrogens with two attached hydrogens (primary N) is 1. The van der Waals surface area contributed by atoms with Gasteiger partial charge in [-0.3, -0.25) is 9.11 Å². The Morgan fingerprint density at radius 1 is 0.604 bits per heavy atom. The van der Waals surface area contributed by atoms with Gasteiger partial charge in [-0.2, -0.15) is 21.9 Å². The maximum absolute atomic E-state index is 13.6. The van der Waals surface area contributed by atoms with Crippen molar-refractivity contribution in [2.24, 2.45) is 20.5 Å². The number of aromatic hydroxyl groups is 1. The Labute approximate surface area is 275 Å². The van der Waals surface area contributed by atoms with E-state index >= 15 is 0 Å². The van der Waals surface area contributed by atoms with E-state index in [0.29, 0.717) is 17.3 Å². The maximum Gasteiger partial charge on any atom is 0.296 e. The van der Waals surface area contributed by atoms with Gasteiger partial charge in [0.05, 0.1) is 31.4 Å². The minimum atomic E-state index is -5.11. The molecule has 248 valence electrons. The summed E-state index contributed by atoms with van der Waals surface area (Å²) in [6.45, 7) is 5.26. The molecule has 0 aliphatic heterocycles. The van der Waals surface area contributed by atoms with E-state index in [1.807, 2.05) is 19.1 Å². The highest BCUT2D eigenvalue weighted by molar-refractivity contribution is 7.91. The fourth-order valence-electron chi connectivity index (χ4n) is 4.74. The van der Waals surface area contributed by atoms with Crippen LogP contribution in [-0.4, -0.2) is 39.5 Å². The normalized spacial score (nSPS) is 12.8. The van der Waals surface area contributed by atoms with E-state index in [9.17, 15) is 39.5 Å². The van der Waals surface area contributed by atoms with Crippen LogP contribution < -0.4 is 5.73 Å². The summed E-state index contributed by atoms with van der Waals surface area (Å²) < 4.78 is 95.6. The number of fused-ring (bicyclic) bond motifs is 1. The zero-order valence-electron chi connectivity index (χ0n) is 25.4. The van der Waals surface area contributed by atoms with Gasteiger partial charge >= 0.3 is 0 Å². The number of benzene rings is 5. The minimum absolute atomic E-state index is 0.0689. The lowest BCUT2D eigenvalue weighted by Gasteiger charge is -2.14. The molecule has 5 aromatic carbocycles. The van der Waals surface area contributed by atoms with Crippen molar-refractivity contribution in [2.45, 2.75) is 40.4 Å². The van der Waals surface area contributed by atoms with E-state index in [-0.39, 0.29) is 27.0 Å². The molecule has 0 bridgehead atoms. The van der Waals surface area contributed by atoms with Gasteiger partial charge in [0.1, 0.15) is 22.0 Å². The highest BCUT2D eigenvalue weighted by Crippen LogP contribution is 2.47. The Hall–Kier alpha value is -5.07. The van der Waals surface area contributed by atoms with Crippen molar-refractivity contribution >= 4 is 69.3 Å². The molecule has 17 heteroatoms. The van der Waals surface area contributed by atoms with Crippen LogP contribution in [0.4, 0.5) is 28.4 Å². The number of aryl methyl sites for hydroxylation is 3. The van der Waals surface area contributed by atoms with Gasteiger partial charge < -0.3 is 10.8 Å². The fourth-order valence-corrected chi connectivity index (χ4v) is 7.27. The first-order chi connectivity index (χ1) is 22.4. The number of rotatable bonds is 8. The SMILES string of the molecule is Cc1ccc(N=Nc2c(C)cc3cc(S(=O)(=O)O)c(N=Nc4cc(S(=O)(=O)O)ccc4S(=O)(=O)c4ccc(C)cc4)c(O)c3c2N)cc1. The largest absolute Gasteiger partial charge is 0.505 e. The molecule has 0 fully saturated rings. The first-order valence-corrected chi connectivity index (χ1v) is 18.1. The van der Waals surface area contributed by atoms with Crippen LogP contribution in [0, 0.1) is 20.8 Å². The van der Waals surface area contributed by atoms with Gasteiger partial charge in [0, 0.05) is 0 Å². The van der Waals surface area contributed by atoms with E-state index in [4.69, 9.17) is 5.73 Å². The van der Waals surface area contributed by atoms with Gasteiger partial charge in [-0.1, -0.05) is 35.4 Å². The van der Waals surface area contributed by atoms with Gasteiger partial charge in [0.25, 0.3) is 20.2 Å². The number of phenols is 1. The molecule has 0 aromatic heterocycles. The summed E-state index contributed by atoms with van der Waals surface area (Å²) in [6.07, 6.45) is 0. The summed E-state index contributed by atoms with van der Waals surface area (Å²) in [4.78, 5) is -2.42. The first kappa shape index (κ1) is 34.3. The Morgan fingerprint density at radius 2 is 1.17 bits per heavy atom. The van der Waals surface area contributed by atoms with Crippen LogP contribution in [0.3, 0.4) is 0 Å². The van der Waals surface area contributed by atoms with Crippen LogP contribution in [0.5, 0.6) is 5.75 Å². The number of hydrogen-bond acceptors (Lipinski definition) is 12. The van der Waals surface area contributed by atoms with Crippen LogP contribution in [0.2, 0.25) is 0 Å². The summed E-state index contributed by atoms with van der Waals surface area (Å²) in [5.74, 6) is -0.873. The van der Waals surface area contributed by atoms with Crippen molar-refractivity contribution in [3.63, 3.8) is 0 Å². The Bertz CT molecular complexity index is 2500. The minimum Gasteiger partial charge on any atom is -0.505 e. The molecule has 0 aliphatic carbocycles. The van der Waals surface area contributed by atoms with E-state index in [1.165, 1.54) is 30.3 Å². The molecule has 0 saturated heterocycles. The van der Waals surface area contributed by atoms with Crippen molar-refractivity contribution < 1.29 is 39.5 Å². The number of nitrogens with zero attached hydrogens (tertiary/aromatic N) is 4. The summed E-state index contributed by atoms with van der Waals surface area (Å²) in [5.41, 5.74) is 7.61. The molecule has 48 heavy (non-hydrogen) atoms. The van der Waals surface area contributed by atoms with Crippen LogP contribution in [0.15, 0.2) is 119 Å². The molecular weight excluding hydrogens is 683 g/mol. The number of anilines is 1. The smallest absolute Gasteiger partial charge is 0.296 e. The lowest BCUT2D eigenvalue weighted by atomic mass is 10.0. The van der Waals surface area contributed by atoms with E-state index in [1.54, 1.807) is 26.0 Å². The Kier molecular flexibility index (Phi) is 8.93. The van der Waals surface area contributed by atoms with E-state index in [0.717, 1.165) is 29.3 Å². The van der Waals surface area contributed by atoms with Gasteiger partial charge in [0.2, 0.25) is 9.84 Å². The third-order valence-electron chi connectivity index (χ3n) is 7.22. The van der Waals surface area contributed by atoms with E-state index in [2.05, 4.69) is 20.5 Å². The molecule has 0 spiro atoms. The lowest BCUT2D eigenvalue weighted by Crippen LogP contribution is -2.04. The van der Waals surface area contributed by atoms with Gasteiger partial charge in [-0.15, -0.1) is 15.3 Å². The van der Waals surface area contributed by atoms with Crippen molar-refractivity contribution in [1.82, 2.24) is 0 Å². The number of azo groups is 2. The average molecular weight is 710 g/mol. The van der Waals surface area contributed by atoms with Crippen molar-refractivity contribution in [2.75, 3.05) is 5.73 Å². The second kappa shape index (κ2) is 12.5. The predicted molar refractivity (Wildman–Crippen MR) is 177 cm³/mol. The van der Waals surface area contributed by atoms with Crippen LogP contribution in [0.25, 0.3) is 10.8 Å². The van der Waals surface area contributed by atoms with Crippen LogP contribution in [-0.2, 0) is 30.1 Å². The van der Waals surface area contributed by atoms with Crippen molar-refractivity contribution in [3.8, 4) is 5.75 Å². The zero-order valence-corrected chi connectivity index (χ0v) is 27.8. The third kappa shape index (κ3) is 6.80. The summed E-state index contributed by atoms with van der Waals surface area (Å²) in [7, 11) is -14.4. The summed E-state index contributed by atoms with van der Waals surface area (Å²) >= 11 is 0. The number of phenolic OH excluding ortho intramolecular Hbond substituents is 1. The summed E-state index contributed by atoms with van der Waals surface area (Å²) in [5, 5.41) is 27.3. The fraction of sp³-hybridized carbons (Fsp3) is 0.0968. The van der Waals surface area contributed by atoms with Gasteiger partial charge in [-0.25, -0.2) is 8.42 Å². The van der Waals surface area contributed by atoms with Crippen molar-refractivity contribution in [3.05, 3.63) is 95.6 Å². The molecule has 0 amide bonds. The Morgan fingerprint density at radius 3 is 1.75 bits per heavy atom. The number of sulfone groups is 1. The molecule has 0 aliphatic rings. The zero-order chi connectivity index (χ0) is 35.2. The van der Waals surface area contributed by atoms with Gasteiger partial charge in [-0.05, 0) is 86.3 Å². The second-order valence-electron chi connectivity index (χ2n) is 10.8. The molecule has 0 heterocycles. The lowest BCUT2D eigenvalue weighted by molar-refractivity contribution is 0.472. The Balaban J connectivity index is 1.74. The molecule has 5 aromatic rings. The molecule has 0 saturated carbocycles. The quantitative estimate of drug-likeness (QED) is 0.0717. The molecule has 5 rings (SSSR count). The first-order valence-electron chi connectivity index (χ1n) is 13.8. The molecular formula is C31H27N5O9S3. The molecule has 5 N–H and O–H groups in total. The van der Waals surface area contributed by atoms with Crippen molar-refractivity contribution in [1.29, 1.82) is 0 Å². The van der Waals surface area contributed by atoms with Gasteiger partial charge in [0.15, 0.2) is 5.75 Å². The van der Waals surface area contributed by atoms with E-state index < -0.39 is 61.9 Å². The molecule has 0 radical (unpaired) electrons. The maximum atomic E-state index is 13.6. The molecule has 0 atom stereocenters. The summed E-state index contributed by atoms with van der Waals surface area (Å²) in [6, 6.07) is 17.6. The monoisotopic (exact) mass is 709 g/mol. The highest BCUT2D eigenvalue weighted by atomic mass is 32.2. The highest BCUT2D eigenvalue weighted by Gasteiger charge is 2.27.